The highest BCUT2D eigenvalue weighted by atomic mass is 35.5. The van der Waals surface area contributed by atoms with E-state index in [-0.39, 0.29) is 5.38 Å². The zero-order valence-corrected chi connectivity index (χ0v) is 7.35. The Labute approximate surface area is 73.2 Å². The van der Waals surface area contributed by atoms with Crippen LogP contribution in [0.1, 0.15) is 12.8 Å². The van der Waals surface area contributed by atoms with Crippen LogP contribution >= 0.6 is 11.6 Å². The van der Waals surface area contributed by atoms with Gasteiger partial charge in [-0.25, -0.2) is 0 Å². The Morgan fingerprint density at radius 1 is 1.45 bits per heavy atom. The van der Waals surface area contributed by atoms with Crippen LogP contribution in [0.25, 0.3) is 0 Å². The summed E-state index contributed by atoms with van der Waals surface area (Å²) in [7, 11) is 0. The average molecular weight is 172 g/mol. The van der Waals surface area contributed by atoms with Gasteiger partial charge in [0.05, 0.1) is 5.38 Å². The Morgan fingerprint density at radius 3 is 2.55 bits per heavy atom. The van der Waals surface area contributed by atoms with Crippen LogP contribution in [-0.4, -0.2) is 5.38 Å². The summed E-state index contributed by atoms with van der Waals surface area (Å²) < 4.78 is 0. The van der Waals surface area contributed by atoms with Crippen molar-refractivity contribution in [3.8, 4) is 0 Å². The molecule has 62 valence electrons. The standard InChI is InChI=1S/C9H14ClN/c1-3-5-8(10)7-9(11)6-4-2/h3-4,7-8H,1-2,5-6,11H2. The van der Waals surface area contributed by atoms with E-state index >= 15 is 0 Å². The van der Waals surface area contributed by atoms with Gasteiger partial charge in [-0.2, -0.15) is 0 Å². The Hall–Kier alpha value is -0.690. The second-order valence-corrected chi connectivity index (χ2v) is 2.84. The van der Waals surface area contributed by atoms with Gasteiger partial charge in [0, 0.05) is 12.1 Å². The molecule has 11 heavy (non-hydrogen) atoms. The number of nitrogens with two attached hydrogens (primary N) is 1. The monoisotopic (exact) mass is 171 g/mol. The molecule has 0 aliphatic heterocycles. The number of rotatable bonds is 5. The molecule has 0 aromatic rings. The minimum atomic E-state index is -0.0348. The first-order valence-corrected chi connectivity index (χ1v) is 3.96. The van der Waals surface area contributed by atoms with E-state index in [0.29, 0.717) is 6.42 Å². The molecule has 0 aromatic heterocycles. The van der Waals surface area contributed by atoms with Crippen molar-refractivity contribution in [2.45, 2.75) is 18.2 Å². The van der Waals surface area contributed by atoms with E-state index < -0.39 is 0 Å². The van der Waals surface area contributed by atoms with E-state index in [1.807, 2.05) is 6.08 Å². The Balaban J connectivity index is 3.84. The Bertz CT molecular complexity index is 161. The van der Waals surface area contributed by atoms with E-state index in [1.165, 1.54) is 0 Å². The second-order valence-electron chi connectivity index (χ2n) is 2.27. The van der Waals surface area contributed by atoms with Crippen molar-refractivity contribution in [3.05, 3.63) is 37.1 Å². The fourth-order valence-electron chi connectivity index (χ4n) is 0.694. The number of allylic oxidation sites excluding steroid dienone is 3. The first-order chi connectivity index (χ1) is 5.20. The summed E-state index contributed by atoms with van der Waals surface area (Å²) in [5.74, 6) is 0. The lowest BCUT2D eigenvalue weighted by Crippen LogP contribution is -2.00. The van der Waals surface area contributed by atoms with Gasteiger partial charge in [-0.1, -0.05) is 12.2 Å². The van der Waals surface area contributed by atoms with Gasteiger partial charge in [0.2, 0.25) is 0 Å². The third kappa shape index (κ3) is 5.74. The Morgan fingerprint density at radius 2 is 2.09 bits per heavy atom. The van der Waals surface area contributed by atoms with Gasteiger partial charge in [-0.05, 0) is 12.5 Å². The summed E-state index contributed by atoms with van der Waals surface area (Å²) >= 11 is 5.85. The average Bonchev–Trinajstić information content (AvgIpc) is 1.87. The summed E-state index contributed by atoms with van der Waals surface area (Å²) in [5, 5.41) is -0.0348. The molecule has 0 aliphatic rings. The Kier molecular flexibility index (Phi) is 5.67. The summed E-state index contributed by atoms with van der Waals surface area (Å²) in [5.41, 5.74) is 6.35. The molecule has 1 nitrogen and oxygen atoms in total. The molecule has 2 heteroatoms. The van der Waals surface area contributed by atoms with Crippen molar-refractivity contribution in [1.29, 1.82) is 0 Å². The maximum Gasteiger partial charge on any atom is 0.0569 e. The van der Waals surface area contributed by atoms with Crippen LogP contribution in [0.5, 0.6) is 0 Å². The van der Waals surface area contributed by atoms with Crippen LogP contribution in [0, 0.1) is 0 Å². The molecule has 1 unspecified atom stereocenters. The van der Waals surface area contributed by atoms with Crippen LogP contribution in [0.4, 0.5) is 0 Å². The molecule has 0 fully saturated rings. The van der Waals surface area contributed by atoms with Crippen molar-refractivity contribution in [2.24, 2.45) is 5.73 Å². The normalized spacial score (nSPS) is 14.1. The number of hydrogen-bond acceptors (Lipinski definition) is 1. The minimum Gasteiger partial charge on any atom is -0.402 e. The minimum absolute atomic E-state index is 0.0348. The molecule has 0 saturated carbocycles. The summed E-state index contributed by atoms with van der Waals surface area (Å²) in [6.45, 7) is 7.15. The molecule has 0 amide bonds. The largest absolute Gasteiger partial charge is 0.402 e. The van der Waals surface area contributed by atoms with Crippen LogP contribution in [0.2, 0.25) is 0 Å². The molecular weight excluding hydrogens is 158 g/mol. The second kappa shape index (κ2) is 6.05. The van der Waals surface area contributed by atoms with E-state index in [9.17, 15) is 0 Å². The highest BCUT2D eigenvalue weighted by Gasteiger charge is 1.97. The van der Waals surface area contributed by atoms with Crippen molar-refractivity contribution in [1.82, 2.24) is 0 Å². The van der Waals surface area contributed by atoms with Crippen molar-refractivity contribution in [3.63, 3.8) is 0 Å². The smallest absolute Gasteiger partial charge is 0.0569 e. The third-order valence-corrected chi connectivity index (χ3v) is 1.47. The quantitative estimate of drug-likeness (QED) is 0.500. The molecule has 0 aromatic carbocycles. The lowest BCUT2D eigenvalue weighted by Gasteiger charge is -2.01. The lowest BCUT2D eigenvalue weighted by molar-refractivity contribution is 1.02. The molecule has 1 atom stereocenters. The highest BCUT2D eigenvalue weighted by molar-refractivity contribution is 6.21. The number of hydrogen-bond donors (Lipinski definition) is 1. The van der Waals surface area contributed by atoms with Gasteiger partial charge in [0.1, 0.15) is 0 Å². The molecule has 2 N–H and O–H groups in total. The molecule has 0 spiro atoms. The zero-order valence-electron chi connectivity index (χ0n) is 6.59. The summed E-state index contributed by atoms with van der Waals surface area (Å²) in [6.07, 6.45) is 6.80. The summed E-state index contributed by atoms with van der Waals surface area (Å²) in [6, 6.07) is 0. The molecule has 0 rings (SSSR count). The van der Waals surface area contributed by atoms with E-state index in [0.717, 1.165) is 12.1 Å². The summed E-state index contributed by atoms with van der Waals surface area (Å²) in [4.78, 5) is 0. The van der Waals surface area contributed by atoms with Gasteiger partial charge >= 0.3 is 0 Å². The lowest BCUT2D eigenvalue weighted by atomic mass is 10.2. The molecule has 0 radical (unpaired) electrons. The van der Waals surface area contributed by atoms with E-state index in [4.69, 9.17) is 17.3 Å². The maximum absolute atomic E-state index is 5.85. The molecule has 0 heterocycles. The van der Waals surface area contributed by atoms with Crippen LogP contribution in [-0.2, 0) is 0 Å². The van der Waals surface area contributed by atoms with Crippen LogP contribution < -0.4 is 5.73 Å². The fourth-order valence-corrected chi connectivity index (χ4v) is 0.982. The third-order valence-electron chi connectivity index (χ3n) is 1.17. The van der Waals surface area contributed by atoms with E-state index in [1.54, 1.807) is 12.2 Å². The van der Waals surface area contributed by atoms with Crippen molar-refractivity contribution < 1.29 is 0 Å². The molecule has 0 aliphatic carbocycles. The molecular formula is C9H14ClN. The fraction of sp³-hybridized carbons (Fsp3) is 0.333. The SMILES string of the molecule is C=CCC(N)=CC(Cl)CC=C. The topological polar surface area (TPSA) is 26.0 Å². The van der Waals surface area contributed by atoms with Gasteiger partial charge in [0.25, 0.3) is 0 Å². The van der Waals surface area contributed by atoms with Crippen molar-refractivity contribution in [2.75, 3.05) is 0 Å². The first kappa shape index (κ1) is 10.3. The predicted octanol–water partition coefficient (Wildman–Crippen LogP) is 2.59. The predicted molar refractivity (Wildman–Crippen MR) is 51.5 cm³/mol. The highest BCUT2D eigenvalue weighted by Crippen LogP contribution is 2.07. The molecule has 0 saturated heterocycles. The van der Waals surface area contributed by atoms with Gasteiger partial charge in [-0.3, -0.25) is 0 Å². The van der Waals surface area contributed by atoms with Gasteiger partial charge in [-0.15, -0.1) is 24.8 Å². The number of halogens is 1. The van der Waals surface area contributed by atoms with E-state index in [2.05, 4.69) is 13.2 Å². The maximum atomic E-state index is 5.85. The van der Waals surface area contributed by atoms with Gasteiger partial charge < -0.3 is 5.73 Å². The first-order valence-electron chi connectivity index (χ1n) is 3.52. The zero-order chi connectivity index (χ0) is 8.69. The van der Waals surface area contributed by atoms with Crippen LogP contribution in [0.3, 0.4) is 0 Å². The number of alkyl halides is 1. The van der Waals surface area contributed by atoms with Crippen LogP contribution in [0.15, 0.2) is 37.1 Å². The van der Waals surface area contributed by atoms with Gasteiger partial charge in [0.15, 0.2) is 0 Å². The van der Waals surface area contributed by atoms with Crippen molar-refractivity contribution >= 4 is 11.6 Å². The molecule has 0 bridgehead atoms.